The van der Waals surface area contributed by atoms with Crippen molar-refractivity contribution >= 4 is 11.9 Å². The molecule has 0 spiro atoms. The van der Waals surface area contributed by atoms with Crippen molar-refractivity contribution in [2.24, 2.45) is 0 Å². The van der Waals surface area contributed by atoms with Crippen LogP contribution in [-0.2, 0) is 23.8 Å². The summed E-state index contributed by atoms with van der Waals surface area (Å²) >= 11 is 0. The number of methoxy groups -OCH3 is 1. The molecule has 0 bridgehead atoms. The van der Waals surface area contributed by atoms with E-state index in [0.717, 1.165) is 12.3 Å². The van der Waals surface area contributed by atoms with Crippen LogP contribution in [0.4, 0.5) is 0 Å². The first-order chi connectivity index (χ1) is 7.08. The second-order valence-corrected chi connectivity index (χ2v) is 2.14. The van der Waals surface area contributed by atoms with Crippen LogP contribution in [-0.4, -0.2) is 32.3 Å². The molecule has 15 heavy (non-hydrogen) atoms. The van der Waals surface area contributed by atoms with Crippen LogP contribution < -0.4 is 0 Å². The Hall–Kier alpha value is -1.62. The molecule has 0 radical (unpaired) electrons. The van der Waals surface area contributed by atoms with Crippen molar-refractivity contribution in [2.75, 3.05) is 20.3 Å². The van der Waals surface area contributed by atoms with E-state index < -0.39 is 5.97 Å². The fourth-order valence-corrected chi connectivity index (χ4v) is 0.402. The molecule has 0 saturated carbocycles. The highest BCUT2D eigenvalue weighted by Crippen LogP contribution is 1.78. The predicted octanol–water partition coefficient (Wildman–Crippen LogP) is 1.05. The number of hydrogen-bond acceptors (Lipinski definition) is 5. The maximum absolute atomic E-state index is 10.3. The van der Waals surface area contributed by atoms with Crippen LogP contribution in [0.25, 0.3) is 0 Å². The smallest absolute Gasteiger partial charge is 0.330 e. The molecular formula is C10H16O5. The Balaban J connectivity index is 0. The molecule has 0 heterocycles. The van der Waals surface area contributed by atoms with Gasteiger partial charge in [-0.25, -0.2) is 4.79 Å². The number of hydrogen-bond donors (Lipinski definition) is 0. The van der Waals surface area contributed by atoms with E-state index in [2.05, 4.69) is 27.4 Å². The highest BCUT2D eigenvalue weighted by atomic mass is 16.6. The molecule has 0 saturated heterocycles. The zero-order valence-electron chi connectivity index (χ0n) is 9.02. The fraction of sp³-hybridized carbons (Fsp3) is 0.400. The molecular weight excluding hydrogens is 200 g/mol. The Kier molecular flexibility index (Phi) is 13.1. The molecule has 0 N–H and O–H groups in total. The first-order valence-electron chi connectivity index (χ1n) is 4.14. The van der Waals surface area contributed by atoms with Gasteiger partial charge in [-0.05, 0) is 0 Å². The van der Waals surface area contributed by atoms with Crippen molar-refractivity contribution in [3.8, 4) is 0 Å². The Morgan fingerprint density at radius 3 is 2.13 bits per heavy atom. The molecule has 5 heteroatoms. The number of rotatable bonds is 5. The molecule has 0 atom stereocenters. The van der Waals surface area contributed by atoms with Crippen molar-refractivity contribution in [1.82, 2.24) is 0 Å². The molecule has 0 aliphatic heterocycles. The van der Waals surface area contributed by atoms with Crippen molar-refractivity contribution < 1.29 is 23.8 Å². The van der Waals surface area contributed by atoms with Crippen molar-refractivity contribution in [1.29, 1.82) is 0 Å². The Morgan fingerprint density at radius 2 is 1.87 bits per heavy atom. The van der Waals surface area contributed by atoms with E-state index in [1.54, 1.807) is 7.11 Å². The molecule has 0 aromatic rings. The van der Waals surface area contributed by atoms with Gasteiger partial charge in [0.25, 0.3) is 0 Å². The molecule has 86 valence electrons. The average Bonchev–Trinajstić information content (AvgIpc) is 2.18. The Bertz CT molecular complexity index is 210. The highest BCUT2D eigenvalue weighted by molar-refractivity contribution is 5.81. The van der Waals surface area contributed by atoms with E-state index in [0.29, 0.717) is 13.2 Å². The average molecular weight is 216 g/mol. The van der Waals surface area contributed by atoms with Crippen molar-refractivity contribution in [2.45, 2.75) is 6.92 Å². The number of carbonyl (C=O) groups is 2. The van der Waals surface area contributed by atoms with Crippen LogP contribution in [0.1, 0.15) is 6.92 Å². The lowest BCUT2D eigenvalue weighted by atomic mass is 10.6. The molecule has 0 fully saturated rings. The first kappa shape index (κ1) is 15.8. The Morgan fingerprint density at radius 1 is 1.27 bits per heavy atom. The van der Waals surface area contributed by atoms with E-state index in [1.165, 1.54) is 6.92 Å². The van der Waals surface area contributed by atoms with Gasteiger partial charge in [0.05, 0.1) is 12.9 Å². The van der Waals surface area contributed by atoms with E-state index in [4.69, 9.17) is 0 Å². The fourth-order valence-electron chi connectivity index (χ4n) is 0.402. The van der Waals surface area contributed by atoms with Crippen LogP contribution in [0, 0.1) is 0 Å². The third-order valence-corrected chi connectivity index (χ3v) is 0.948. The molecule has 0 rings (SSSR count). The number of esters is 2. The maximum atomic E-state index is 10.3. The SMILES string of the molecule is C=CC(=O)OCCOC.C=COC(C)=O. The topological polar surface area (TPSA) is 61.8 Å². The maximum Gasteiger partial charge on any atom is 0.330 e. The van der Waals surface area contributed by atoms with Crippen molar-refractivity contribution in [3.63, 3.8) is 0 Å². The molecule has 0 aliphatic carbocycles. The zero-order valence-corrected chi connectivity index (χ0v) is 9.02. The minimum Gasteiger partial charge on any atom is -0.460 e. The molecule has 0 aliphatic rings. The summed E-state index contributed by atoms with van der Waals surface area (Å²) in [7, 11) is 1.54. The van der Waals surface area contributed by atoms with Gasteiger partial charge in [0.15, 0.2) is 0 Å². The predicted molar refractivity (Wildman–Crippen MR) is 55.0 cm³/mol. The van der Waals surface area contributed by atoms with Crippen LogP contribution in [0.5, 0.6) is 0 Å². The van der Waals surface area contributed by atoms with Gasteiger partial charge in [0.1, 0.15) is 6.61 Å². The Labute approximate surface area is 89.3 Å². The summed E-state index contributed by atoms with van der Waals surface area (Å²) in [6.07, 6.45) is 2.22. The minimum atomic E-state index is -0.410. The number of carbonyl (C=O) groups excluding carboxylic acids is 2. The van der Waals surface area contributed by atoms with Crippen LogP contribution in [0.3, 0.4) is 0 Å². The normalized spacial score (nSPS) is 7.87. The van der Waals surface area contributed by atoms with E-state index in [-0.39, 0.29) is 5.97 Å². The summed E-state index contributed by atoms with van der Waals surface area (Å²) in [5.74, 6) is -0.739. The van der Waals surface area contributed by atoms with E-state index >= 15 is 0 Å². The minimum absolute atomic E-state index is 0.293. The second kappa shape index (κ2) is 12.4. The lowest BCUT2D eigenvalue weighted by Gasteiger charge is -1.98. The standard InChI is InChI=1S/C6H10O3.C4H6O2/c1-3-6(7)9-5-4-8-2;1-3-6-4(2)5/h3H,1,4-5H2,2H3;3H,1H2,2H3. The highest BCUT2D eigenvalue weighted by Gasteiger charge is 1.91. The third kappa shape index (κ3) is 19.0. The van der Waals surface area contributed by atoms with Gasteiger partial charge < -0.3 is 14.2 Å². The molecule has 0 aromatic heterocycles. The summed E-state index contributed by atoms with van der Waals surface area (Å²) < 4.78 is 13.3. The summed E-state index contributed by atoms with van der Waals surface area (Å²) in [5.41, 5.74) is 0. The van der Waals surface area contributed by atoms with E-state index in [1.807, 2.05) is 0 Å². The summed E-state index contributed by atoms with van der Waals surface area (Å²) in [6, 6.07) is 0. The third-order valence-electron chi connectivity index (χ3n) is 0.948. The van der Waals surface area contributed by atoms with Gasteiger partial charge in [0.2, 0.25) is 0 Å². The van der Waals surface area contributed by atoms with Gasteiger partial charge in [-0.3, -0.25) is 4.79 Å². The van der Waals surface area contributed by atoms with Crippen LogP contribution in [0.2, 0.25) is 0 Å². The summed E-state index contributed by atoms with van der Waals surface area (Å²) in [6.45, 7) is 8.43. The van der Waals surface area contributed by atoms with Gasteiger partial charge in [-0.15, -0.1) is 0 Å². The van der Waals surface area contributed by atoms with E-state index in [9.17, 15) is 9.59 Å². The zero-order chi connectivity index (χ0) is 12.1. The largest absolute Gasteiger partial charge is 0.460 e. The van der Waals surface area contributed by atoms with Crippen molar-refractivity contribution in [3.05, 3.63) is 25.5 Å². The summed E-state index contributed by atoms with van der Waals surface area (Å²) in [5, 5.41) is 0. The molecule has 0 aromatic carbocycles. The van der Waals surface area contributed by atoms with Gasteiger partial charge in [-0.1, -0.05) is 13.2 Å². The monoisotopic (exact) mass is 216 g/mol. The quantitative estimate of drug-likeness (QED) is 0.297. The van der Waals surface area contributed by atoms with Crippen LogP contribution >= 0.6 is 0 Å². The molecule has 0 unspecified atom stereocenters. The lowest BCUT2D eigenvalue weighted by Crippen LogP contribution is -2.06. The first-order valence-corrected chi connectivity index (χ1v) is 4.14. The lowest BCUT2D eigenvalue weighted by molar-refractivity contribution is -0.139. The summed E-state index contributed by atoms with van der Waals surface area (Å²) in [4.78, 5) is 20.0. The molecule has 0 amide bonds. The van der Waals surface area contributed by atoms with Gasteiger partial charge in [0, 0.05) is 20.1 Å². The molecule has 5 nitrogen and oxygen atoms in total. The second-order valence-electron chi connectivity index (χ2n) is 2.14. The number of ether oxygens (including phenoxy) is 3. The van der Waals surface area contributed by atoms with Gasteiger partial charge >= 0.3 is 11.9 Å². The van der Waals surface area contributed by atoms with Crippen LogP contribution in [0.15, 0.2) is 25.5 Å². The van der Waals surface area contributed by atoms with Gasteiger partial charge in [-0.2, -0.15) is 0 Å².